The standard InChI is InChI=1S/C17H18ClF3O3/c1-4-23-15(22)14-12(16(14,2)3)9-13(18)10-5-7-11(8-6-10)24-17(19,20)21/h5-9,12,14H,4H2,1-3H3. The minimum absolute atomic E-state index is 0.0739. The molecule has 1 aromatic rings. The molecule has 0 amide bonds. The van der Waals surface area contributed by atoms with Gasteiger partial charge in [0.1, 0.15) is 5.75 Å². The molecule has 0 aromatic heterocycles. The third-order valence-corrected chi connectivity index (χ3v) is 4.48. The van der Waals surface area contributed by atoms with Gasteiger partial charge in [-0.15, -0.1) is 13.2 Å². The molecule has 1 saturated carbocycles. The average molecular weight is 363 g/mol. The second-order valence-corrected chi connectivity index (χ2v) is 6.57. The van der Waals surface area contributed by atoms with Crippen LogP contribution in [0.4, 0.5) is 13.2 Å². The third-order valence-electron chi connectivity index (χ3n) is 4.14. The number of hydrogen-bond acceptors (Lipinski definition) is 3. The van der Waals surface area contributed by atoms with E-state index in [1.54, 1.807) is 13.0 Å². The van der Waals surface area contributed by atoms with Gasteiger partial charge < -0.3 is 9.47 Å². The molecule has 24 heavy (non-hydrogen) atoms. The van der Waals surface area contributed by atoms with Crippen molar-refractivity contribution in [2.24, 2.45) is 17.3 Å². The molecule has 3 nitrogen and oxygen atoms in total. The average Bonchev–Trinajstić information content (AvgIpc) is 2.99. The number of allylic oxidation sites excluding steroid dienone is 1. The van der Waals surface area contributed by atoms with Gasteiger partial charge in [-0.3, -0.25) is 4.79 Å². The van der Waals surface area contributed by atoms with Gasteiger partial charge in [0.05, 0.1) is 12.5 Å². The summed E-state index contributed by atoms with van der Waals surface area (Å²) in [7, 11) is 0. The molecule has 0 N–H and O–H groups in total. The van der Waals surface area contributed by atoms with Crippen LogP contribution in [0.15, 0.2) is 30.3 Å². The molecule has 0 aliphatic heterocycles. The minimum Gasteiger partial charge on any atom is -0.466 e. The van der Waals surface area contributed by atoms with Crippen LogP contribution in [0.3, 0.4) is 0 Å². The molecule has 1 aliphatic carbocycles. The van der Waals surface area contributed by atoms with E-state index < -0.39 is 6.36 Å². The second-order valence-electron chi connectivity index (χ2n) is 6.16. The Balaban J connectivity index is 2.10. The van der Waals surface area contributed by atoms with Crippen molar-refractivity contribution in [3.8, 4) is 5.75 Å². The SMILES string of the molecule is CCOC(=O)C1C(C=C(Cl)c2ccc(OC(F)(F)F)cc2)C1(C)C. The van der Waals surface area contributed by atoms with E-state index in [9.17, 15) is 18.0 Å². The van der Waals surface area contributed by atoms with Crippen LogP contribution in [0.5, 0.6) is 5.75 Å². The third kappa shape index (κ3) is 4.23. The number of hydrogen-bond donors (Lipinski definition) is 0. The molecule has 132 valence electrons. The largest absolute Gasteiger partial charge is 0.573 e. The molecule has 2 atom stereocenters. The lowest BCUT2D eigenvalue weighted by Crippen LogP contribution is -2.16. The molecule has 0 heterocycles. The van der Waals surface area contributed by atoms with Gasteiger partial charge in [0.25, 0.3) is 0 Å². The highest BCUT2D eigenvalue weighted by atomic mass is 35.5. The fourth-order valence-corrected chi connectivity index (χ4v) is 3.00. The molecule has 7 heteroatoms. The van der Waals surface area contributed by atoms with Gasteiger partial charge in [-0.05, 0) is 48.1 Å². The van der Waals surface area contributed by atoms with Gasteiger partial charge in [-0.25, -0.2) is 0 Å². The van der Waals surface area contributed by atoms with E-state index in [0.29, 0.717) is 17.2 Å². The maximum Gasteiger partial charge on any atom is 0.573 e. The summed E-state index contributed by atoms with van der Waals surface area (Å²) in [5, 5.41) is 0.374. The molecule has 2 unspecified atom stereocenters. The quantitative estimate of drug-likeness (QED) is 0.691. The first-order chi connectivity index (χ1) is 11.1. The van der Waals surface area contributed by atoms with Crippen LogP contribution in [0, 0.1) is 17.3 Å². The molecular formula is C17H18ClF3O3. The van der Waals surface area contributed by atoms with E-state index in [1.165, 1.54) is 24.3 Å². The van der Waals surface area contributed by atoms with Crippen molar-refractivity contribution in [1.82, 2.24) is 0 Å². The fourth-order valence-electron chi connectivity index (χ4n) is 2.74. The lowest BCUT2D eigenvalue weighted by atomic mass is 10.1. The van der Waals surface area contributed by atoms with Crippen LogP contribution in [0.1, 0.15) is 26.3 Å². The molecule has 1 fully saturated rings. The van der Waals surface area contributed by atoms with Gasteiger partial charge in [-0.2, -0.15) is 0 Å². The topological polar surface area (TPSA) is 35.5 Å². The number of halogens is 4. The maximum absolute atomic E-state index is 12.1. The molecular weight excluding hydrogens is 345 g/mol. The number of rotatable bonds is 5. The summed E-state index contributed by atoms with van der Waals surface area (Å²) in [5.41, 5.74) is 0.294. The predicted molar refractivity (Wildman–Crippen MR) is 84.3 cm³/mol. The number of carbonyl (C=O) groups is 1. The monoisotopic (exact) mass is 362 g/mol. The Morgan fingerprint density at radius 2 is 1.88 bits per heavy atom. The summed E-state index contributed by atoms with van der Waals surface area (Å²) in [4.78, 5) is 11.9. The number of alkyl halides is 3. The molecule has 0 spiro atoms. The highest BCUT2D eigenvalue weighted by molar-refractivity contribution is 6.48. The first kappa shape index (κ1) is 18.6. The zero-order valence-corrected chi connectivity index (χ0v) is 14.2. The number of ether oxygens (including phenoxy) is 2. The van der Waals surface area contributed by atoms with Crippen molar-refractivity contribution in [2.45, 2.75) is 27.1 Å². The Hall–Kier alpha value is -1.69. The maximum atomic E-state index is 12.1. The van der Waals surface area contributed by atoms with Crippen LogP contribution < -0.4 is 4.74 Å². The Bertz CT molecular complexity index is 635. The summed E-state index contributed by atoms with van der Waals surface area (Å²) in [6, 6.07) is 5.27. The van der Waals surface area contributed by atoms with Crippen LogP contribution in [0.25, 0.3) is 5.03 Å². The molecule has 1 aliphatic rings. The highest BCUT2D eigenvalue weighted by Crippen LogP contribution is 2.60. The van der Waals surface area contributed by atoms with E-state index in [4.69, 9.17) is 16.3 Å². The summed E-state index contributed by atoms with van der Waals surface area (Å²) in [6.45, 7) is 5.95. The highest BCUT2D eigenvalue weighted by Gasteiger charge is 2.61. The number of esters is 1. The first-order valence-corrected chi connectivity index (χ1v) is 7.84. The Kier molecular flexibility index (Phi) is 5.18. The minimum atomic E-state index is -4.73. The molecule has 1 aromatic carbocycles. The van der Waals surface area contributed by atoms with E-state index in [0.717, 1.165) is 0 Å². The molecule has 0 saturated heterocycles. The van der Waals surface area contributed by atoms with Gasteiger partial charge >= 0.3 is 12.3 Å². The summed E-state index contributed by atoms with van der Waals surface area (Å²) < 4.78 is 45.3. The van der Waals surface area contributed by atoms with Gasteiger partial charge in [0.15, 0.2) is 0 Å². The van der Waals surface area contributed by atoms with Crippen molar-refractivity contribution in [1.29, 1.82) is 0 Å². The van der Waals surface area contributed by atoms with Crippen LogP contribution >= 0.6 is 11.6 Å². The van der Waals surface area contributed by atoms with Crippen molar-refractivity contribution in [3.63, 3.8) is 0 Å². The number of carbonyl (C=O) groups excluding carboxylic acids is 1. The predicted octanol–water partition coefficient (Wildman–Crippen LogP) is 5.00. The zero-order chi connectivity index (χ0) is 18.1. The Labute approximate surface area is 143 Å². The molecule has 0 bridgehead atoms. The zero-order valence-electron chi connectivity index (χ0n) is 13.5. The lowest BCUT2D eigenvalue weighted by Gasteiger charge is -2.09. The fraction of sp³-hybridized carbons (Fsp3) is 0.471. The summed E-state index contributed by atoms with van der Waals surface area (Å²) in [5.74, 6) is -0.914. The van der Waals surface area contributed by atoms with Crippen molar-refractivity contribution >= 4 is 22.6 Å². The normalized spacial score (nSPS) is 22.9. The van der Waals surface area contributed by atoms with Crippen LogP contribution in [-0.2, 0) is 9.53 Å². The van der Waals surface area contributed by atoms with Gasteiger partial charge in [0.2, 0.25) is 0 Å². The summed E-state index contributed by atoms with van der Waals surface area (Å²) >= 11 is 6.25. The Morgan fingerprint density at radius 1 is 1.29 bits per heavy atom. The van der Waals surface area contributed by atoms with E-state index in [-0.39, 0.29) is 29.0 Å². The van der Waals surface area contributed by atoms with Crippen molar-refractivity contribution in [2.75, 3.05) is 6.61 Å². The second kappa shape index (κ2) is 6.67. The van der Waals surface area contributed by atoms with Crippen LogP contribution in [-0.4, -0.2) is 18.9 Å². The van der Waals surface area contributed by atoms with E-state index >= 15 is 0 Å². The smallest absolute Gasteiger partial charge is 0.466 e. The number of benzene rings is 1. The van der Waals surface area contributed by atoms with E-state index in [1.807, 2.05) is 13.8 Å². The lowest BCUT2D eigenvalue weighted by molar-refractivity contribution is -0.274. The van der Waals surface area contributed by atoms with E-state index in [2.05, 4.69) is 4.74 Å². The first-order valence-electron chi connectivity index (χ1n) is 7.46. The van der Waals surface area contributed by atoms with Gasteiger partial charge in [0, 0.05) is 5.03 Å². The molecule has 2 rings (SSSR count). The molecule has 0 radical (unpaired) electrons. The summed E-state index contributed by atoms with van der Waals surface area (Å²) in [6.07, 6.45) is -2.98. The van der Waals surface area contributed by atoms with Crippen molar-refractivity contribution < 1.29 is 27.4 Å². The van der Waals surface area contributed by atoms with Crippen LogP contribution in [0.2, 0.25) is 0 Å². The Morgan fingerprint density at radius 3 is 2.38 bits per heavy atom. The van der Waals surface area contributed by atoms with Crippen molar-refractivity contribution in [3.05, 3.63) is 35.9 Å². The van der Waals surface area contributed by atoms with Gasteiger partial charge in [-0.1, -0.05) is 31.5 Å².